The Kier molecular flexibility index (Phi) is 3.32. The minimum absolute atomic E-state index is 0.781. The van der Waals surface area contributed by atoms with E-state index >= 15 is 0 Å². The van der Waals surface area contributed by atoms with E-state index in [1.54, 1.807) is 0 Å². The van der Waals surface area contributed by atoms with Crippen molar-refractivity contribution in [1.29, 1.82) is 0 Å². The van der Waals surface area contributed by atoms with Crippen molar-refractivity contribution in [3.63, 3.8) is 0 Å². The van der Waals surface area contributed by atoms with E-state index in [1.807, 2.05) is 11.3 Å². The van der Waals surface area contributed by atoms with Crippen LogP contribution in [0.1, 0.15) is 17.7 Å². The van der Waals surface area contributed by atoms with Crippen molar-refractivity contribution in [2.24, 2.45) is 0 Å². The number of nitrogens with one attached hydrogen (secondary N) is 1. The van der Waals surface area contributed by atoms with Gasteiger partial charge in [-0.1, -0.05) is 34.1 Å². The van der Waals surface area contributed by atoms with E-state index in [0.717, 1.165) is 12.6 Å². The average Bonchev–Trinajstić information content (AvgIpc) is 3.06. The number of hydrogen-bond acceptors (Lipinski definition) is 2. The topological polar surface area (TPSA) is 12.0 Å². The van der Waals surface area contributed by atoms with Crippen molar-refractivity contribution in [2.45, 2.75) is 25.4 Å². The van der Waals surface area contributed by atoms with Crippen molar-refractivity contribution in [3.05, 3.63) is 45.7 Å². The second kappa shape index (κ2) is 4.92. The Morgan fingerprint density at radius 2 is 2.00 bits per heavy atom. The van der Waals surface area contributed by atoms with Crippen LogP contribution in [0.15, 0.2) is 40.9 Å². The molecule has 0 aliphatic heterocycles. The first-order chi connectivity index (χ1) is 8.33. The largest absolute Gasteiger partial charge is 0.309 e. The molecule has 0 atom stereocenters. The molecule has 1 saturated carbocycles. The third kappa shape index (κ3) is 2.79. The zero-order valence-corrected chi connectivity index (χ0v) is 11.9. The maximum absolute atomic E-state index is 3.61. The van der Waals surface area contributed by atoms with Gasteiger partial charge in [-0.25, -0.2) is 0 Å². The molecule has 0 radical (unpaired) electrons. The molecule has 1 fully saturated rings. The first-order valence-electron chi connectivity index (χ1n) is 5.90. The molecular formula is C14H14BrNS. The highest BCUT2D eigenvalue weighted by molar-refractivity contribution is 9.10. The highest BCUT2D eigenvalue weighted by atomic mass is 79.9. The fourth-order valence-electron chi connectivity index (χ4n) is 1.81. The van der Waals surface area contributed by atoms with Crippen molar-refractivity contribution in [3.8, 4) is 10.4 Å². The first-order valence-corrected chi connectivity index (χ1v) is 7.51. The fraction of sp³-hybridized carbons (Fsp3) is 0.286. The van der Waals surface area contributed by atoms with E-state index in [2.05, 4.69) is 57.6 Å². The smallest absolute Gasteiger partial charge is 0.0357 e. The Morgan fingerprint density at radius 3 is 2.76 bits per heavy atom. The van der Waals surface area contributed by atoms with Gasteiger partial charge < -0.3 is 5.32 Å². The SMILES string of the molecule is Brc1ccccc1-c1ccc(CNC2CC2)s1. The van der Waals surface area contributed by atoms with Crippen LogP contribution in [0.5, 0.6) is 0 Å². The summed E-state index contributed by atoms with van der Waals surface area (Å²) in [6, 6.07) is 13.6. The molecular weight excluding hydrogens is 294 g/mol. The minimum atomic E-state index is 0.781. The second-order valence-corrected chi connectivity index (χ2v) is 6.42. The fourth-order valence-corrected chi connectivity index (χ4v) is 3.44. The lowest BCUT2D eigenvalue weighted by molar-refractivity contribution is 0.695. The van der Waals surface area contributed by atoms with Crippen LogP contribution in [0.25, 0.3) is 10.4 Å². The molecule has 0 bridgehead atoms. The van der Waals surface area contributed by atoms with E-state index in [9.17, 15) is 0 Å². The van der Waals surface area contributed by atoms with Gasteiger partial charge in [0, 0.05) is 32.4 Å². The van der Waals surface area contributed by atoms with E-state index in [0.29, 0.717) is 0 Å². The van der Waals surface area contributed by atoms with E-state index in [4.69, 9.17) is 0 Å². The lowest BCUT2D eigenvalue weighted by atomic mass is 10.2. The number of halogens is 1. The molecule has 3 rings (SSSR count). The zero-order chi connectivity index (χ0) is 11.7. The molecule has 0 spiro atoms. The van der Waals surface area contributed by atoms with Gasteiger partial charge in [0.2, 0.25) is 0 Å². The molecule has 3 heteroatoms. The van der Waals surface area contributed by atoms with Gasteiger partial charge in [0.05, 0.1) is 0 Å². The summed E-state index contributed by atoms with van der Waals surface area (Å²) in [4.78, 5) is 2.76. The normalized spacial score (nSPS) is 15.1. The standard InChI is InChI=1S/C14H14BrNS/c15-13-4-2-1-3-12(13)14-8-7-11(17-14)9-16-10-5-6-10/h1-4,7-8,10,16H,5-6,9H2. The Labute approximate surface area is 114 Å². The van der Waals surface area contributed by atoms with Crippen LogP contribution in [-0.4, -0.2) is 6.04 Å². The maximum Gasteiger partial charge on any atom is 0.0357 e. The second-order valence-electron chi connectivity index (χ2n) is 4.40. The van der Waals surface area contributed by atoms with Crippen LogP contribution in [0.3, 0.4) is 0 Å². The van der Waals surface area contributed by atoms with Gasteiger partial charge >= 0.3 is 0 Å². The lowest BCUT2D eigenvalue weighted by Gasteiger charge is -2.01. The number of rotatable bonds is 4. The Hall–Kier alpha value is -0.640. The quantitative estimate of drug-likeness (QED) is 0.881. The minimum Gasteiger partial charge on any atom is -0.309 e. The summed E-state index contributed by atoms with van der Waals surface area (Å²) < 4.78 is 1.17. The summed E-state index contributed by atoms with van der Waals surface area (Å²) in [6.45, 7) is 1.01. The van der Waals surface area contributed by atoms with Gasteiger partial charge in [0.25, 0.3) is 0 Å². The molecule has 0 saturated heterocycles. The van der Waals surface area contributed by atoms with Gasteiger partial charge in [0.15, 0.2) is 0 Å². The van der Waals surface area contributed by atoms with Crippen molar-refractivity contribution >= 4 is 27.3 Å². The van der Waals surface area contributed by atoms with E-state index < -0.39 is 0 Å². The number of thiophene rings is 1. The molecule has 1 nitrogen and oxygen atoms in total. The predicted molar refractivity (Wildman–Crippen MR) is 77.3 cm³/mol. The summed E-state index contributed by atoms with van der Waals surface area (Å²) in [7, 11) is 0. The summed E-state index contributed by atoms with van der Waals surface area (Å²) in [5.41, 5.74) is 1.29. The van der Waals surface area contributed by atoms with Crippen LogP contribution < -0.4 is 5.32 Å². The summed E-state index contributed by atoms with van der Waals surface area (Å²) in [6.07, 6.45) is 2.70. The van der Waals surface area contributed by atoms with Gasteiger partial charge in [-0.15, -0.1) is 11.3 Å². The van der Waals surface area contributed by atoms with Crippen LogP contribution in [0, 0.1) is 0 Å². The monoisotopic (exact) mass is 307 g/mol. The van der Waals surface area contributed by atoms with Crippen LogP contribution in [0.2, 0.25) is 0 Å². The summed E-state index contributed by atoms with van der Waals surface area (Å²) in [5.74, 6) is 0. The molecule has 1 aromatic carbocycles. The van der Waals surface area contributed by atoms with Crippen molar-refractivity contribution < 1.29 is 0 Å². The predicted octanol–water partition coefficient (Wildman–Crippen LogP) is 4.43. The average molecular weight is 308 g/mol. The van der Waals surface area contributed by atoms with Crippen molar-refractivity contribution in [1.82, 2.24) is 5.32 Å². The third-order valence-corrected chi connectivity index (χ3v) is 4.75. The molecule has 1 aliphatic rings. The number of hydrogen-bond donors (Lipinski definition) is 1. The van der Waals surface area contributed by atoms with Gasteiger partial charge in [-0.2, -0.15) is 0 Å². The molecule has 1 aliphatic carbocycles. The van der Waals surface area contributed by atoms with Crippen LogP contribution in [0.4, 0.5) is 0 Å². The molecule has 1 aromatic heterocycles. The summed E-state index contributed by atoms with van der Waals surface area (Å²) in [5, 5.41) is 3.55. The van der Waals surface area contributed by atoms with E-state index in [-0.39, 0.29) is 0 Å². The Bertz CT molecular complexity index is 516. The lowest BCUT2D eigenvalue weighted by Crippen LogP contribution is -2.14. The zero-order valence-electron chi connectivity index (χ0n) is 9.45. The molecule has 88 valence electrons. The molecule has 1 N–H and O–H groups in total. The van der Waals surface area contributed by atoms with Crippen LogP contribution in [-0.2, 0) is 6.54 Å². The highest BCUT2D eigenvalue weighted by Crippen LogP contribution is 2.33. The maximum atomic E-state index is 3.61. The van der Waals surface area contributed by atoms with Gasteiger partial charge in [-0.3, -0.25) is 0 Å². The molecule has 2 aromatic rings. The van der Waals surface area contributed by atoms with Gasteiger partial charge in [-0.05, 0) is 31.0 Å². The van der Waals surface area contributed by atoms with Gasteiger partial charge in [0.1, 0.15) is 0 Å². The number of benzene rings is 1. The summed E-state index contributed by atoms with van der Waals surface area (Å²) >= 11 is 5.48. The van der Waals surface area contributed by atoms with Crippen LogP contribution >= 0.6 is 27.3 Å². The van der Waals surface area contributed by atoms with E-state index in [1.165, 1.54) is 32.6 Å². The molecule has 1 heterocycles. The van der Waals surface area contributed by atoms with Crippen molar-refractivity contribution in [2.75, 3.05) is 0 Å². The Balaban J connectivity index is 1.77. The Morgan fingerprint density at radius 1 is 1.18 bits per heavy atom. The molecule has 0 amide bonds. The highest BCUT2D eigenvalue weighted by Gasteiger charge is 2.20. The molecule has 17 heavy (non-hydrogen) atoms. The first kappa shape index (κ1) is 11.5. The third-order valence-electron chi connectivity index (χ3n) is 2.94. The molecule has 0 unspecified atom stereocenters.